The molecule has 3 rings (SSSR count). The first-order chi connectivity index (χ1) is 10.2. The molecule has 21 heavy (non-hydrogen) atoms. The Kier molecular flexibility index (Phi) is 5.14. The molecule has 1 heterocycles. The van der Waals surface area contributed by atoms with Crippen LogP contribution in [-0.4, -0.2) is 23.5 Å². The Hall–Kier alpha value is -0.650. The first kappa shape index (κ1) is 15.3. The molecule has 0 aromatic carbocycles. The maximum absolute atomic E-state index is 11.2. The minimum absolute atomic E-state index is 0.100. The lowest BCUT2D eigenvalue weighted by Crippen LogP contribution is -2.43. The third-order valence-electron chi connectivity index (χ3n) is 5.51. The maximum atomic E-state index is 11.2. The van der Waals surface area contributed by atoms with Crippen molar-refractivity contribution in [3.8, 4) is 0 Å². The molecule has 0 bridgehead atoms. The number of aliphatic carboxylic acids is 1. The summed E-state index contributed by atoms with van der Waals surface area (Å²) < 4.78 is 0. The Morgan fingerprint density at radius 2 is 1.90 bits per heavy atom. The van der Waals surface area contributed by atoms with Crippen molar-refractivity contribution in [1.82, 2.24) is 10.8 Å². The van der Waals surface area contributed by atoms with Crippen LogP contribution in [0, 0.1) is 17.8 Å². The quantitative estimate of drug-likeness (QED) is 0.744. The fourth-order valence-corrected chi connectivity index (χ4v) is 4.25. The number of hydroxylamine groups is 1. The van der Waals surface area contributed by atoms with E-state index >= 15 is 0 Å². The number of carboxylic acids is 1. The van der Waals surface area contributed by atoms with Crippen LogP contribution in [0.15, 0.2) is 0 Å². The molecule has 120 valence electrons. The summed E-state index contributed by atoms with van der Waals surface area (Å²) in [6.07, 6.45) is 11.8. The van der Waals surface area contributed by atoms with Gasteiger partial charge in [0.1, 0.15) is 6.23 Å². The molecule has 0 spiro atoms. The molecule has 2 aliphatic carbocycles. The lowest BCUT2D eigenvalue weighted by atomic mass is 9.80. The number of hydrogen-bond donors (Lipinski definition) is 3. The van der Waals surface area contributed by atoms with Crippen molar-refractivity contribution in [2.75, 3.05) is 0 Å². The van der Waals surface area contributed by atoms with E-state index < -0.39 is 5.97 Å². The van der Waals surface area contributed by atoms with E-state index in [9.17, 15) is 9.90 Å². The average Bonchev–Trinajstić information content (AvgIpc) is 2.97. The lowest BCUT2D eigenvalue weighted by Gasteiger charge is -2.30. The van der Waals surface area contributed by atoms with Gasteiger partial charge >= 0.3 is 5.97 Å². The fraction of sp³-hybridized carbons (Fsp3) is 0.938. The van der Waals surface area contributed by atoms with Crippen molar-refractivity contribution in [3.63, 3.8) is 0 Å². The summed E-state index contributed by atoms with van der Waals surface area (Å²) in [6.45, 7) is 0. The van der Waals surface area contributed by atoms with Crippen molar-refractivity contribution in [1.29, 1.82) is 0 Å². The number of rotatable bonds is 4. The Balaban J connectivity index is 1.46. The van der Waals surface area contributed by atoms with Gasteiger partial charge in [0.15, 0.2) is 0 Å². The molecular weight excluding hydrogens is 268 g/mol. The van der Waals surface area contributed by atoms with Gasteiger partial charge in [-0.05, 0) is 37.5 Å². The normalized spacial score (nSPS) is 38.5. The summed E-state index contributed by atoms with van der Waals surface area (Å²) in [6, 6.07) is 0. The monoisotopic (exact) mass is 296 g/mol. The van der Waals surface area contributed by atoms with Gasteiger partial charge in [0.2, 0.25) is 0 Å². The Morgan fingerprint density at radius 1 is 1.10 bits per heavy atom. The summed E-state index contributed by atoms with van der Waals surface area (Å²) in [5.74, 6) is 0.341. The van der Waals surface area contributed by atoms with E-state index in [0.29, 0.717) is 5.92 Å². The highest BCUT2D eigenvalue weighted by Crippen LogP contribution is 2.33. The molecule has 0 amide bonds. The van der Waals surface area contributed by atoms with E-state index in [1.807, 2.05) is 0 Å². The molecule has 2 saturated carbocycles. The minimum atomic E-state index is -0.641. The average molecular weight is 296 g/mol. The van der Waals surface area contributed by atoms with E-state index in [-0.39, 0.29) is 18.3 Å². The maximum Gasteiger partial charge on any atom is 0.306 e. The lowest BCUT2D eigenvalue weighted by molar-refractivity contribution is -0.143. The predicted octanol–water partition coefficient (Wildman–Crippen LogP) is 2.62. The second kappa shape index (κ2) is 7.07. The first-order valence-corrected chi connectivity index (χ1v) is 8.62. The van der Waals surface area contributed by atoms with Crippen LogP contribution in [0.25, 0.3) is 0 Å². The van der Waals surface area contributed by atoms with Gasteiger partial charge < -0.3 is 5.11 Å². The van der Waals surface area contributed by atoms with Crippen molar-refractivity contribution in [3.05, 3.63) is 0 Å². The highest BCUT2D eigenvalue weighted by atomic mass is 16.7. The van der Waals surface area contributed by atoms with Crippen LogP contribution in [0.1, 0.15) is 64.2 Å². The molecule has 3 aliphatic rings. The Labute approximate surface area is 126 Å². The highest BCUT2D eigenvalue weighted by molar-refractivity contribution is 5.70. The van der Waals surface area contributed by atoms with Gasteiger partial charge in [-0.3, -0.25) is 14.9 Å². The molecule has 3 N–H and O–H groups in total. The highest BCUT2D eigenvalue weighted by Gasteiger charge is 2.36. The molecule has 4 unspecified atom stereocenters. The van der Waals surface area contributed by atoms with Gasteiger partial charge in [0.25, 0.3) is 0 Å². The van der Waals surface area contributed by atoms with E-state index in [1.165, 1.54) is 32.1 Å². The molecule has 4 atom stereocenters. The van der Waals surface area contributed by atoms with E-state index in [1.54, 1.807) is 0 Å². The second-order valence-corrected chi connectivity index (χ2v) is 7.07. The Bertz CT molecular complexity index is 357. The fourth-order valence-electron chi connectivity index (χ4n) is 4.25. The van der Waals surface area contributed by atoms with Gasteiger partial charge in [0, 0.05) is 0 Å². The minimum Gasteiger partial charge on any atom is -0.481 e. The number of carboxylic acid groups (broad SMARTS) is 1. The van der Waals surface area contributed by atoms with E-state index in [0.717, 1.165) is 38.0 Å². The van der Waals surface area contributed by atoms with Crippen molar-refractivity contribution in [2.45, 2.75) is 76.6 Å². The van der Waals surface area contributed by atoms with Crippen LogP contribution in [0.2, 0.25) is 0 Å². The van der Waals surface area contributed by atoms with E-state index in [2.05, 4.69) is 10.8 Å². The second-order valence-electron chi connectivity index (χ2n) is 7.07. The van der Waals surface area contributed by atoms with Gasteiger partial charge in [-0.15, -0.1) is 0 Å². The van der Waals surface area contributed by atoms with Crippen LogP contribution in [0.5, 0.6) is 0 Å². The van der Waals surface area contributed by atoms with Crippen LogP contribution in [-0.2, 0) is 9.63 Å². The summed E-state index contributed by atoms with van der Waals surface area (Å²) in [4.78, 5) is 16.9. The first-order valence-electron chi connectivity index (χ1n) is 8.62. The molecule has 0 radical (unpaired) electrons. The van der Waals surface area contributed by atoms with Crippen LogP contribution >= 0.6 is 0 Å². The molecule has 0 aromatic heterocycles. The van der Waals surface area contributed by atoms with Crippen molar-refractivity contribution >= 4 is 5.97 Å². The third kappa shape index (κ3) is 3.96. The number of carbonyl (C=O) groups is 1. The van der Waals surface area contributed by atoms with Crippen LogP contribution in [0.4, 0.5) is 0 Å². The summed E-state index contributed by atoms with van der Waals surface area (Å²) in [5.41, 5.74) is 3.12. The molecular formula is C16H28N2O3. The Morgan fingerprint density at radius 3 is 2.67 bits per heavy atom. The smallest absolute Gasteiger partial charge is 0.306 e. The van der Waals surface area contributed by atoms with Crippen molar-refractivity contribution < 1.29 is 14.7 Å². The zero-order valence-corrected chi connectivity index (χ0v) is 12.7. The van der Waals surface area contributed by atoms with Gasteiger partial charge in [-0.25, -0.2) is 0 Å². The van der Waals surface area contributed by atoms with Crippen molar-refractivity contribution in [2.24, 2.45) is 17.8 Å². The summed E-state index contributed by atoms with van der Waals surface area (Å²) in [5, 5.41) is 12.7. The number of hydrogen-bond acceptors (Lipinski definition) is 4. The molecule has 0 aromatic rings. The topological polar surface area (TPSA) is 70.6 Å². The SMILES string of the molecule is O=C(O)C1CCCC(C2NOC(CC3CCCCC3)N2)C1. The van der Waals surface area contributed by atoms with Gasteiger partial charge in [0.05, 0.1) is 12.1 Å². The summed E-state index contributed by atoms with van der Waals surface area (Å²) in [7, 11) is 0. The summed E-state index contributed by atoms with van der Waals surface area (Å²) >= 11 is 0. The number of nitrogens with one attached hydrogen (secondary N) is 2. The standard InChI is InChI=1S/C16H28N2O3/c19-16(20)13-8-4-7-12(10-13)15-17-14(21-18-15)9-11-5-2-1-3-6-11/h11-15,17-18H,1-10H2,(H,19,20). The largest absolute Gasteiger partial charge is 0.481 e. The molecule has 1 saturated heterocycles. The molecule has 5 heteroatoms. The molecule has 5 nitrogen and oxygen atoms in total. The van der Waals surface area contributed by atoms with Gasteiger partial charge in [-0.1, -0.05) is 38.5 Å². The zero-order valence-electron chi connectivity index (χ0n) is 12.7. The van der Waals surface area contributed by atoms with E-state index in [4.69, 9.17) is 4.84 Å². The zero-order chi connectivity index (χ0) is 14.7. The molecule has 1 aliphatic heterocycles. The predicted molar refractivity (Wildman–Crippen MR) is 79.2 cm³/mol. The third-order valence-corrected chi connectivity index (χ3v) is 5.51. The van der Waals surface area contributed by atoms with Crippen LogP contribution in [0.3, 0.4) is 0 Å². The van der Waals surface area contributed by atoms with Crippen LogP contribution < -0.4 is 10.8 Å². The van der Waals surface area contributed by atoms with Gasteiger partial charge in [-0.2, -0.15) is 5.48 Å². The molecule has 3 fully saturated rings.